The van der Waals surface area contributed by atoms with Gasteiger partial charge in [0.1, 0.15) is 11.0 Å². The van der Waals surface area contributed by atoms with E-state index >= 15 is 0 Å². The molecule has 6 heteroatoms. The maximum atomic E-state index is 12.0. The number of amides is 1. The van der Waals surface area contributed by atoms with Crippen molar-refractivity contribution >= 4 is 29.0 Å². The van der Waals surface area contributed by atoms with Crippen LogP contribution in [0.3, 0.4) is 0 Å². The second-order valence-electron chi connectivity index (χ2n) is 4.23. The number of benzene rings is 1. The highest BCUT2D eigenvalue weighted by Crippen LogP contribution is 2.15. The minimum atomic E-state index is -0.309. The van der Waals surface area contributed by atoms with E-state index in [0.717, 1.165) is 5.56 Å². The van der Waals surface area contributed by atoms with Gasteiger partial charge in [-0.05, 0) is 36.2 Å². The van der Waals surface area contributed by atoms with Gasteiger partial charge in [-0.1, -0.05) is 23.7 Å². The maximum absolute atomic E-state index is 12.0. The molecule has 1 aromatic carbocycles. The third-order valence-electron chi connectivity index (χ3n) is 2.69. The summed E-state index contributed by atoms with van der Waals surface area (Å²) in [6.07, 6.45) is 0.588. The first kappa shape index (κ1) is 14.3. The highest BCUT2D eigenvalue weighted by atomic mass is 35.5. The van der Waals surface area contributed by atoms with E-state index in [-0.39, 0.29) is 23.5 Å². The number of nitrogens with zero attached hydrogens (tertiary/aromatic N) is 1. The molecule has 0 aliphatic carbocycles. The summed E-state index contributed by atoms with van der Waals surface area (Å²) in [5.74, 6) is -0.114. The van der Waals surface area contributed by atoms with Gasteiger partial charge in [0.05, 0.1) is 0 Å². The number of carbonyl (C=O) groups is 1. The van der Waals surface area contributed by atoms with E-state index < -0.39 is 0 Å². The summed E-state index contributed by atoms with van der Waals surface area (Å²) >= 11 is 5.76. The Hall–Kier alpha value is -2.11. The van der Waals surface area contributed by atoms with Gasteiger partial charge < -0.3 is 16.2 Å². The molecule has 1 heterocycles. The van der Waals surface area contributed by atoms with Gasteiger partial charge in [0.15, 0.2) is 0 Å². The standard InChI is InChI=1S/C14H14ClN3O2/c15-12-7-10(8-13(16)18-12)14(20)17-11-3-1-9(2-4-11)5-6-19/h1-4,7-8,19H,5-6H2,(H2,16,18)(H,17,20). The Morgan fingerprint density at radius 2 is 2.00 bits per heavy atom. The number of aliphatic hydroxyl groups excluding tert-OH is 1. The lowest BCUT2D eigenvalue weighted by Crippen LogP contribution is -2.12. The number of rotatable bonds is 4. The molecule has 20 heavy (non-hydrogen) atoms. The van der Waals surface area contributed by atoms with Gasteiger partial charge in [0, 0.05) is 17.9 Å². The second kappa shape index (κ2) is 6.36. The third-order valence-corrected chi connectivity index (χ3v) is 2.88. The van der Waals surface area contributed by atoms with Crippen LogP contribution < -0.4 is 11.1 Å². The molecule has 2 rings (SSSR count). The van der Waals surface area contributed by atoms with Gasteiger partial charge in [0.25, 0.3) is 5.91 Å². The van der Waals surface area contributed by atoms with E-state index in [1.807, 2.05) is 12.1 Å². The Labute approximate surface area is 121 Å². The molecule has 0 saturated carbocycles. The van der Waals surface area contributed by atoms with Crippen LogP contribution in [0.5, 0.6) is 0 Å². The predicted octanol–water partition coefficient (Wildman–Crippen LogP) is 2.10. The molecule has 0 aliphatic heterocycles. The minimum Gasteiger partial charge on any atom is -0.396 e. The largest absolute Gasteiger partial charge is 0.396 e. The summed E-state index contributed by atoms with van der Waals surface area (Å²) in [6.45, 7) is 0.0977. The van der Waals surface area contributed by atoms with Crippen LogP contribution in [0.25, 0.3) is 0 Å². The van der Waals surface area contributed by atoms with Crippen LogP contribution >= 0.6 is 11.6 Å². The SMILES string of the molecule is Nc1cc(C(=O)Nc2ccc(CCO)cc2)cc(Cl)n1. The number of pyridine rings is 1. The summed E-state index contributed by atoms with van der Waals surface area (Å²) in [4.78, 5) is 15.8. The first-order chi connectivity index (χ1) is 9.58. The van der Waals surface area contributed by atoms with E-state index in [9.17, 15) is 4.79 Å². The number of nitrogens with two attached hydrogens (primary N) is 1. The maximum Gasteiger partial charge on any atom is 0.255 e. The van der Waals surface area contributed by atoms with Crippen LogP contribution in [-0.4, -0.2) is 22.6 Å². The molecule has 0 bridgehead atoms. The lowest BCUT2D eigenvalue weighted by molar-refractivity contribution is 0.102. The predicted molar refractivity (Wildman–Crippen MR) is 78.8 cm³/mol. The summed E-state index contributed by atoms with van der Waals surface area (Å²) in [5, 5.41) is 11.7. The summed E-state index contributed by atoms with van der Waals surface area (Å²) in [7, 11) is 0. The van der Waals surface area contributed by atoms with Crippen molar-refractivity contribution in [1.29, 1.82) is 0 Å². The molecule has 0 radical (unpaired) electrons. The first-order valence-corrected chi connectivity index (χ1v) is 6.40. The molecule has 5 nitrogen and oxygen atoms in total. The lowest BCUT2D eigenvalue weighted by atomic mass is 10.1. The fraction of sp³-hybridized carbons (Fsp3) is 0.143. The number of nitrogen functional groups attached to an aromatic ring is 1. The number of carbonyl (C=O) groups excluding carboxylic acids is 1. The Morgan fingerprint density at radius 1 is 1.30 bits per heavy atom. The fourth-order valence-corrected chi connectivity index (χ4v) is 1.95. The quantitative estimate of drug-likeness (QED) is 0.753. The highest BCUT2D eigenvalue weighted by Gasteiger charge is 2.08. The van der Waals surface area contributed by atoms with E-state index in [0.29, 0.717) is 17.7 Å². The van der Waals surface area contributed by atoms with Crippen molar-refractivity contribution in [1.82, 2.24) is 4.98 Å². The molecule has 2 aromatic rings. The average Bonchev–Trinajstić information content (AvgIpc) is 2.40. The number of halogens is 1. The Morgan fingerprint density at radius 3 is 2.60 bits per heavy atom. The molecule has 104 valence electrons. The Kier molecular flexibility index (Phi) is 4.55. The minimum absolute atomic E-state index is 0.0977. The molecule has 1 amide bonds. The third kappa shape index (κ3) is 3.69. The van der Waals surface area contributed by atoms with Crippen molar-refractivity contribution < 1.29 is 9.90 Å². The number of hydrogen-bond donors (Lipinski definition) is 3. The highest BCUT2D eigenvalue weighted by molar-refractivity contribution is 6.30. The summed E-state index contributed by atoms with van der Waals surface area (Å²) < 4.78 is 0. The summed E-state index contributed by atoms with van der Waals surface area (Å²) in [5.41, 5.74) is 7.55. The molecule has 0 unspecified atom stereocenters. The van der Waals surface area contributed by atoms with E-state index in [2.05, 4.69) is 10.3 Å². The normalized spacial score (nSPS) is 10.3. The Balaban J connectivity index is 2.10. The first-order valence-electron chi connectivity index (χ1n) is 6.02. The number of hydrogen-bond acceptors (Lipinski definition) is 4. The zero-order valence-corrected chi connectivity index (χ0v) is 11.4. The molecular weight excluding hydrogens is 278 g/mol. The van der Waals surface area contributed by atoms with E-state index in [4.69, 9.17) is 22.4 Å². The molecule has 1 aromatic heterocycles. The molecule has 0 spiro atoms. The van der Waals surface area contributed by atoms with Crippen LogP contribution in [0.15, 0.2) is 36.4 Å². The van der Waals surface area contributed by atoms with Gasteiger partial charge in [-0.2, -0.15) is 0 Å². The van der Waals surface area contributed by atoms with Crippen molar-refractivity contribution in [3.63, 3.8) is 0 Å². The molecule has 4 N–H and O–H groups in total. The summed E-state index contributed by atoms with van der Waals surface area (Å²) in [6, 6.07) is 10.2. The average molecular weight is 292 g/mol. The number of anilines is 2. The molecule has 0 saturated heterocycles. The number of nitrogens with one attached hydrogen (secondary N) is 1. The van der Waals surface area contributed by atoms with Crippen molar-refractivity contribution in [2.45, 2.75) is 6.42 Å². The van der Waals surface area contributed by atoms with Gasteiger partial charge >= 0.3 is 0 Å². The topological polar surface area (TPSA) is 88.2 Å². The Bertz CT molecular complexity index is 594. The van der Waals surface area contributed by atoms with Crippen LogP contribution in [0.4, 0.5) is 11.5 Å². The van der Waals surface area contributed by atoms with Gasteiger partial charge in [-0.3, -0.25) is 4.79 Å². The fourth-order valence-electron chi connectivity index (χ4n) is 1.74. The lowest BCUT2D eigenvalue weighted by Gasteiger charge is -2.07. The second-order valence-corrected chi connectivity index (χ2v) is 4.62. The number of aliphatic hydroxyl groups is 1. The van der Waals surface area contributed by atoms with Crippen LogP contribution in [0.2, 0.25) is 5.15 Å². The van der Waals surface area contributed by atoms with Gasteiger partial charge in [-0.15, -0.1) is 0 Å². The smallest absolute Gasteiger partial charge is 0.255 e. The zero-order chi connectivity index (χ0) is 14.5. The van der Waals surface area contributed by atoms with Gasteiger partial charge in [0.2, 0.25) is 0 Å². The van der Waals surface area contributed by atoms with Crippen molar-refractivity contribution in [3.05, 3.63) is 52.7 Å². The molecule has 0 aliphatic rings. The van der Waals surface area contributed by atoms with Gasteiger partial charge in [-0.25, -0.2) is 4.98 Å². The van der Waals surface area contributed by atoms with Crippen molar-refractivity contribution in [3.8, 4) is 0 Å². The van der Waals surface area contributed by atoms with Crippen LogP contribution in [0.1, 0.15) is 15.9 Å². The monoisotopic (exact) mass is 291 g/mol. The zero-order valence-electron chi connectivity index (χ0n) is 10.6. The molecule has 0 atom stereocenters. The number of aromatic nitrogens is 1. The van der Waals surface area contributed by atoms with Crippen LogP contribution in [-0.2, 0) is 6.42 Å². The molecule has 0 fully saturated rings. The molecular formula is C14H14ClN3O2. The van der Waals surface area contributed by atoms with Crippen molar-refractivity contribution in [2.24, 2.45) is 0 Å². The van der Waals surface area contributed by atoms with Crippen LogP contribution in [0, 0.1) is 0 Å². The van der Waals surface area contributed by atoms with E-state index in [1.54, 1.807) is 12.1 Å². The van der Waals surface area contributed by atoms with E-state index in [1.165, 1.54) is 12.1 Å². The van der Waals surface area contributed by atoms with Crippen molar-refractivity contribution in [2.75, 3.05) is 17.7 Å².